The number of furan rings is 1. The van der Waals surface area contributed by atoms with Gasteiger partial charge in [-0.05, 0) is 48.7 Å². The number of para-hydroxylation sites is 1. The highest BCUT2D eigenvalue weighted by Gasteiger charge is 2.27. The minimum Gasteiger partial charge on any atom is -0.455 e. The normalized spacial score (nSPS) is 14.3. The Labute approximate surface area is 154 Å². The Balaban J connectivity index is 1.51. The second kappa shape index (κ2) is 6.92. The molecule has 0 aliphatic carbocycles. The molecule has 1 aliphatic heterocycles. The number of fused-ring (bicyclic) bond motifs is 1. The summed E-state index contributed by atoms with van der Waals surface area (Å²) in [5.74, 6) is 0.957. The molecule has 0 unspecified atom stereocenters. The largest absolute Gasteiger partial charge is 0.455 e. The van der Waals surface area contributed by atoms with E-state index in [1.54, 1.807) is 17.0 Å². The van der Waals surface area contributed by atoms with E-state index in [0.29, 0.717) is 18.1 Å². The Bertz CT molecular complexity index is 992. The zero-order valence-corrected chi connectivity index (χ0v) is 15.3. The van der Waals surface area contributed by atoms with Gasteiger partial charge < -0.3 is 9.32 Å². The van der Waals surface area contributed by atoms with Gasteiger partial charge in [-0.15, -0.1) is 0 Å². The Morgan fingerprint density at radius 2 is 1.85 bits per heavy atom. The van der Waals surface area contributed by atoms with Crippen LogP contribution in [0.2, 0.25) is 0 Å². The van der Waals surface area contributed by atoms with Crippen LogP contribution in [-0.2, 0) is 23.0 Å². The predicted octanol–water partition coefficient (Wildman–Crippen LogP) is 4.10. The van der Waals surface area contributed by atoms with Gasteiger partial charge in [-0.25, -0.2) is 0 Å². The van der Waals surface area contributed by atoms with Crippen LogP contribution in [0.25, 0.3) is 0 Å². The maximum Gasteiger partial charge on any atom is 0.293 e. The Morgan fingerprint density at radius 1 is 1.08 bits per heavy atom. The van der Waals surface area contributed by atoms with Crippen molar-refractivity contribution in [3.63, 3.8) is 0 Å². The molecule has 0 spiro atoms. The van der Waals surface area contributed by atoms with Crippen LogP contribution in [0.3, 0.4) is 0 Å². The minimum atomic E-state index is -1.20. The van der Waals surface area contributed by atoms with E-state index < -0.39 is 10.8 Å². The third-order valence-electron chi connectivity index (χ3n) is 4.62. The maximum atomic E-state index is 12.8. The fraction of sp³-hybridized carbons (Fsp3) is 0.190. The summed E-state index contributed by atoms with van der Waals surface area (Å²) in [7, 11) is -1.20. The van der Waals surface area contributed by atoms with Crippen molar-refractivity contribution in [3.8, 4) is 0 Å². The van der Waals surface area contributed by atoms with Crippen LogP contribution in [0.15, 0.2) is 70.0 Å². The maximum absolute atomic E-state index is 12.8. The summed E-state index contributed by atoms with van der Waals surface area (Å²) < 4.78 is 18.3. The molecule has 2 heterocycles. The van der Waals surface area contributed by atoms with Gasteiger partial charge in [-0.3, -0.25) is 9.00 Å². The average Bonchev–Trinajstić information content (AvgIpc) is 3.28. The first kappa shape index (κ1) is 16.8. The molecule has 4 nitrogen and oxygen atoms in total. The molecule has 2 aromatic carbocycles. The number of aryl methyl sites for hydroxylation is 1. The van der Waals surface area contributed by atoms with Gasteiger partial charge in [0.25, 0.3) is 5.91 Å². The first-order chi connectivity index (χ1) is 12.6. The van der Waals surface area contributed by atoms with Crippen LogP contribution in [0.1, 0.15) is 27.4 Å². The molecule has 0 N–H and O–H groups in total. The Hall–Kier alpha value is -2.66. The lowest BCUT2D eigenvalue weighted by molar-refractivity contribution is 0.0961. The van der Waals surface area contributed by atoms with Crippen LogP contribution in [0, 0.1) is 6.92 Å². The molecule has 4 rings (SSSR count). The topological polar surface area (TPSA) is 50.5 Å². The highest BCUT2D eigenvalue weighted by atomic mass is 32.2. The first-order valence-electron chi connectivity index (χ1n) is 8.56. The summed E-state index contributed by atoms with van der Waals surface area (Å²) in [5.41, 5.74) is 3.11. The van der Waals surface area contributed by atoms with Crippen molar-refractivity contribution in [1.29, 1.82) is 0 Å². The van der Waals surface area contributed by atoms with Crippen molar-refractivity contribution in [1.82, 2.24) is 0 Å². The van der Waals surface area contributed by atoms with E-state index in [-0.39, 0.29) is 11.7 Å². The van der Waals surface area contributed by atoms with Gasteiger partial charge in [0.1, 0.15) is 5.76 Å². The van der Waals surface area contributed by atoms with E-state index in [1.807, 2.05) is 55.5 Å². The van der Waals surface area contributed by atoms with E-state index in [9.17, 15) is 9.00 Å². The average molecular weight is 365 g/mol. The van der Waals surface area contributed by atoms with Gasteiger partial charge in [0, 0.05) is 17.1 Å². The van der Waals surface area contributed by atoms with Gasteiger partial charge in [0.15, 0.2) is 5.76 Å². The van der Waals surface area contributed by atoms with Crippen molar-refractivity contribution in [2.45, 2.75) is 24.0 Å². The number of anilines is 1. The van der Waals surface area contributed by atoms with Gasteiger partial charge in [0.05, 0.1) is 16.6 Å². The molecule has 1 aromatic heterocycles. The lowest BCUT2D eigenvalue weighted by atomic mass is 10.2. The first-order valence-corrected chi connectivity index (χ1v) is 9.88. The van der Waals surface area contributed by atoms with Gasteiger partial charge in [-0.1, -0.05) is 36.4 Å². The molecule has 0 bridgehead atoms. The van der Waals surface area contributed by atoms with E-state index in [4.69, 9.17) is 4.42 Å². The zero-order chi connectivity index (χ0) is 18.1. The van der Waals surface area contributed by atoms with Gasteiger partial charge in [-0.2, -0.15) is 0 Å². The van der Waals surface area contributed by atoms with Crippen molar-refractivity contribution in [3.05, 3.63) is 83.3 Å². The van der Waals surface area contributed by atoms with Gasteiger partial charge in [0.2, 0.25) is 0 Å². The fourth-order valence-electron chi connectivity index (χ4n) is 3.27. The summed E-state index contributed by atoms with van der Waals surface area (Å²) in [6, 6.07) is 18.9. The Kier molecular flexibility index (Phi) is 4.47. The number of benzene rings is 2. The van der Waals surface area contributed by atoms with Gasteiger partial charge >= 0.3 is 0 Å². The van der Waals surface area contributed by atoms with Crippen molar-refractivity contribution >= 4 is 22.4 Å². The number of rotatable bonds is 4. The third-order valence-corrected chi connectivity index (χ3v) is 6.11. The minimum absolute atomic E-state index is 0.150. The van der Waals surface area contributed by atoms with Crippen molar-refractivity contribution < 1.29 is 13.4 Å². The summed E-state index contributed by atoms with van der Waals surface area (Å²) in [6.07, 6.45) is 0.854. The highest BCUT2D eigenvalue weighted by molar-refractivity contribution is 7.84. The quantitative estimate of drug-likeness (QED) is 0.699. The van der Waals surface area contributed by atoms with E-state index >= 15 is 0 Å². The van der Waals surface area contributed by atoms with Crippen LogP contribution in [0.4, 0.5) is 5.69 Å². The number of hydrogen-bond acceptors (Lipinski definition) is 3. The molecule has 0 fully saturated rings. The predicted molar refractivity (Wildman–Crippen MR) is 102 cm³/mol. The highest BCUT2D eigenvalue weighted by Crippen LogP contribution is 2.29. The molecular weight excluding hydrogens is 346 g/mol. The van der Waals surface area contributed by atoms with Crippen molar-refractivity contribution in [2.24, 2.45) is 0 Å². The molecule has 1 aliphatic rings. The third kappa shape index (κ3) is 3.10. The van der Waals surface area contributed by atoms with E-state index in [2.05, 4.69) is 0 Å². The monoisotopic (exact) mass is 365 g/mol. The number of nitrogens with zero attached hydrogens (tertiary/aromatic N) is 1. The number of carbonyl (C=O) groups is 1. The summed E-state index contributed by atoms with van der Waals surface area (Å²) in [4.78, 5) is 15.3. The number of hydrogen-bond donors (Lipinski definition) is 0. The smallest absolute Gasteiger partial charge is 0.293 e. The lowest BCUT2D eigenvalue weighted by Crippen LogP contribution is -2.28. The molecule has 0 saturated carbocycles. The number of amides is 1. The molecule has 1 amide bonds. The zero-order valence-electron chi connectivity index (χ0n) is 14.5. The van der Waals surface area contributed by atoms with E-state index in [0.717, 1.165) is 22.6 Å². The summed E-state index contributed by atoms with van der Waals surface area (Å²) in [5, 5.41) is 0. The fourth-order valence-corrected chi connectivity index (χ4v) is 4.50. The SMILES string of the molecule is Cc1ccccc1[S@@](=O)Cc1ccc(C(=O)N2CCc3ccccc32)o1. The van der Waals surface area contributed by atoms with Crippen molar-refractivity contribution in [2.75, 3.05) is 11.4 Å². The van der Waals surface area contributed by atoms with Crippen LogP contribution in [0.5, 0.6) is 0 Å². The molecule has 26 heavy (non-hydrogen) atoms. The Morgan fingerprint density at radius 3 is 2.69 bits per heavy atom. The molecule has 3 aromatic rings. The van der Waals surface area contributed by atoms with Crippen LogP contribution < -0.4 is 4.90 Å². The molecule has 5 heteroatoms. The summed E-state index contributed by atoms with van der Waals surface area (Å²) >= 11 is 0. The molecular formula is C21H19NO3S. The lowest BCUT2D eigenvalue weighted by Gasteiger charge is -2.15. The molecule has 132 valence electrons. The molecule has 1 atom stereocenters. The second-order valence-corrected chi connectivity index (χ2v) is 7.78. The summed E-state index contributed by atoms with van der Waals surface area (Å²) in [6.45, 7) is 2.60. The molecule has 0 radical (unpaired) electrons. The standard InChI is InChI=1S/C21H19NO3S/c1-15-6-2-5-9-20(15)26(24)14-17-10-11-19(25-17)21(23)22-13-12-16-7-3-4-8-18(16)22/h2-11H,12-14H2,1H3/t26-/m0/s1. The second-order valence-electron chi connectivity index (χ2n) is 6.36. The van der Waals surface area contributed by atoms with Crippen LogP contribution >= 0.6 is 0 Å². The molecule has 0 saturated heterocycles. The van der Waals surface area contributed by atoms with Crippen LogP contribution in [-0.4, -0.2) is 16.7 Å². The van der Waals surface area contributed by atoms with E-state index in [1.165, 1.54) is 5.56 Å². The number of carbonyl (C=O) groups excluding carboxylic acids is 1.